The van der Waals surface area contributed by atoms with Crippen LogP contribution in [0.2, 0.25) is 0 Å². The molecular formula is C12H14N2O7S. The molecular weight excluding hydrogens is 316 g/mol. The van der Waals surface area contributed by atoms with Crippen LogP contribution in [0.15, 0.2) is 23.1 Å². The van der Waals surface area contributed by atoms with Crippen molar-refractivity contribution in [2.24, 2.45) is 0 Å². The molecule has 1 aromatic rings. The third kappa shape index (κ3) is 4.58. The van der Waals surface area contributed by atoms with E-state index in [9.17, 15) is 29.2 Å². The highest BCUT2D eigenvalue weighted by Gasteiger charge is 2.25. The van der Waals surface area contributed by atoms with Gasteiger partial charge in [0.2, 0.25) is 0 Å². The molecule has 0 amide bonds. The molecule has 0 aliphatic carbocycles. The number of nitrogens with zero attached hydrogens (tertiary/aromatic N) is 2. The van der Waals surface area contributed by atoms with Crippen LogP contribution >= 0.6 is 0 Å². The minimum absolute atomic E-state index is 0.253. The van der Waals surface area contributed by atoms with Gasteiger partial charge in [-0.3, -0.25) is 29.2 Å². The molecule has 0 aromatic heterocycles. The molecule has 0 saturated heterocycles. The van der Waals surface area contributed by atoms with E-state index in [-0.39, 0.29) is 11.0 Å². The molecule has 0 aliphatic rings. The summed E-state index contributed by atoms with van der Waals surface area (Å²) < 4.78 is 17.0. The highest BCUT2D eigenvalue weighted by molar-refractivity contribution is 7.85. The SMILES string of the molecule is CC[C@H](C)OC(=O)C[S@](=O)c1ccc([N+](=O)[O-])cc1[N+](=O)[O-]. The Balaban J connectivity index is 3.00. The first-order chi connectivity index (χ1) is 10.3. The van der Waals surface area contributed by atoms with Gasteiger partial charge in [0.25, 0.3) is 11.4 Å². The number of rotatable bonds is 7. The third-order valence-corrected chi connectivity index (χ3v) is 4.09. The molecule has 1 aromatic carbocycles. The number of carbonyl (C=O) groups excluding carboxylic acids is 1. The Kier molecular flexibility index (Phi) is 6.11. The molecule has 10 heteroatoms. The van der Waals surface area contributed by atoms with Gasteiger partial charge in [-0.15, -0.1) is 0 Å². The lowest BCUT2D eigenvalue weighted by molar-refractivity contribution is -0.396. The number of non-ortho nitro benzene ring substituents is 1. The van der Waals surface area contributed by atoms with Gasteiger partial charge in [0.05, 0.1) is 32.8 Å². The Morgan fingerprint density at radius 1 is 1.32 bits per heavy atom. The van der Waals surface area contributed by atoms with Crippen molar-refractivity contribution in [3.05, 3.63) is 38.4 Å². The van der Waals surface area contributed by atoms with E-state index in [1.165, 1.54) is 0 Å². The zero-order valence-corrected chi connectivity index (χ0v) is 12.7. The van der Waals surface area contributed by atoms with Gasteiger partial charge in [0.1, 0.15) is 10.6 Å². The van der Waals surface area contributed by atoms with Crippen LogP contribution in [0.3, 0.4) is 0 Å². The molecule has 0 unspecified atom stereocenters. The Morgan fingerprint density at radius 3 is 2.45 bits per heavy atom. The second-order valence-electron chi connectivity index (χ2n) is 4.36. The molecule has 0 N–H and O–H groups in total. The van der Waals surface area contributed by atoms with E-state index in [4.69, 9.17) is 4.74 Å². The fourth-order valence-corrected chi connectivity index (χ4v) is 2.51. The first-order valence-corrected chi connectivity index (χ1v) is 7.58. The van der Waals surface area contributed by atoms with Crippen LogP contribution in [0.1, 0.15) is 20.3 Å². The Morgan fingerprint density at radius 2 is 1.95 bits per heavy atom. The molecule has 0 radical (unpaired) electrons. The summed E-state index contributed by atoms with van der Waals surface area (Å²) in [6.45, 7) is 3.46. The second kappa shape index (κ2) is 7.59. The van der Waals surface area contributed by atoms with Gasteiger partial charge >= 0.3 is 5.97 Å². The summed E-state index contributed by atoms with van der Waals surface area (Å²) in [5, 5.41) is 21.6. The average molecular weight is 330 g/mol. The lowest BCUT2D eigenvalue weighted by Gasteiger charge is -2.10. The number of nitro groups is 2. The first-order valence-electron chi connectivity index (χ1n) is 6.27. The molecule has 2 atom stereocenters. The fourth-order valence-electron chi connectivity index (χ4n) is 1.48. The fraction of sp³-hybridized carbons (Fsp3) is 0.417. The molecule has 0 bridgehead atoms. The van der Waals surface area contributed by atoms with Crippen molar-refractivity contribution >= 4 is 28.1 Å². The average Bonchev–Trinajstić information content (AvgIpc) is 2.45. The number of benzene rings is 1. The number of ether oxygens (including phenoxy) is 1. The molecule has 9 nitrogen and oxygen atoms in total. The minimum atomic E-state index is -2.02. The number of hydrogen-bond acceptors (Lipinski definition) is 7. The molecule has 0 spiro atoms. The van der Waals surface area contributed by atoms with Crippen molar-refractivity contribution in [2.45, 2.75) is 31.3 Å². The van der Waals surface area contributed by atoms with Crippen molar-refractivity contribution in [3.8, 4) is 0 Å². The topological polar surface area (TPSA) is 130 Å². The van der Waals surface area contributed by atoms with Gasteiger partial charge in [-0.1, -0.05) is 6.92 Å². The van der Waals surface area contributed by atoms with Crippen LogP contribution in [0.4, 0.5) is 11.4 Å². The van der Waals surface area contributed by atoms with Crippen LogP contribution < -0.4 is 0 Å². The summed E-state index contributed by atoms with van der Waals surface area (Å²) in [5.41, 5.74) is -1.15. The monoisotopic (exact) mass is 330 g/mol. The van der Waals surface area contributed by atoms with E-state index in [1.807, 2.05) is 0 Å². The number of carbonyl (C=O) groups is 1. The van der Waals surface area contributed by atoms with Gasteiger partial charge in [-0.25, -0.2) is 0 Å². The Bertz CT molecular complexity index is 632. The largest absolute Gasteiger partial charge is 0.462 e. The zero-order chi connectivity index (χ0) is 16.9. The normalized spacial score (nSPS) is 13.2. The zero-order valence-electron chi connectivity index (χ0n) is 11.9. The summed E-state index contributed by atoms with van der Waals surface area (Å²) in [4.78, 5) is 31.2. The molecule has 0 fully saturated rings. The number of hydrogen-bond donors (Lipinski definition) is 0. The molecule has 1 rings (SSSR count). The van der Waals surface area contributed by atoms with Crippen LogP contribution in [-0.2, 0) is 20.3 Å². The van der Waals surface area contributed by atoms with Crippen molar-refractivity contribution in [2.75, 3.05) is 5.75 Å². The van der Waals surface area contributed by atoms with Crippen molar-refractivity contribution in [1.29, 1.82) is 0 Å². The van der Waals surface area contributed by atoms with Crippen LogP contribution in [-0.4, -0.2) is 31.9 Å². The highest BCUT2D eigenvalue weighted by Crippen LogP contribution is 2.27. The quantitative estimate of drug-likeness (QED) is 0.424. The van der Waals surface area contributed by atoms with E-state index >= 15 is 0 Å². The van der Waals surface area contributed by atoms with Crippen molar-refractivity contribution < 1.29 is 23.6 Å². The predicted octanol–water partition coefficient (Wildman–Crippen LogP) is 1.95. The maximum atomic E-state index is 12.1. The standard InChI is InChI=1S/C12H14N2O7S/c1-3-8(2)21-12(15)7-22(20)11-5-4-9(13(16)17)6-10(11)14(18)19/h4-6,8H,3,7H2,1-2H3/t8-,22-/m0/s1. The van der Waals surface area contributed by atoms with Gasteiger partial charge in [-0.2, -0.15) is 0 Å². The van der Waals surface area contributed by atoms with Crippen LogP contribution in [0.25, 0.3) is 0 Å². The highest BCUT2D eigenvalue weighted by atomic mass is 32.2. The van der Waals surface area contributed by atoms with Gasteiger partial charge < -0.3 is 4.74 Å². The Labute approximate surface area is 128 Å². The van der Waals surface area contributed by atoms with Gasteiger partial charge in [0, 0.05) is 6.07 Å². The smallest absolute Gasteiger partial charge is 0.319 e. The molecule has 0 aliphatic heterocycles. The summed E-state index contributed by atoms with van der Waals surface area (Å²) in [7, 11) is -2.02. The first kappa shape index (κ1) is 17.7. The summed E-state index contributed by atoms with van der Waals surface area (Å²) in [5.74, 6) is -1.30. The van der Waals surface area contributed by atoms with Crippen molar-refractivity contribution in [1.82, 2.24) is 0 Å². The molecule has 0 heterocycles. The minimum Gasteiger partial charge on any atom is -0.462 e. The lowest BCUT2D eigenvalue weighted by Crippen LogP contribution is -2.20. The third-order valence-electron chi connectivity index (χ3n) is 2.75. The van der Waals surface area contributed by atoms with E-state index in [1.54, 1.807) is 13.8 Å². The Hall–Kier alpha value is -2.36. The lowest BCUT2D eigenvalue weighted by atomic mass is 10.3. The van der Waals surface area contributed by atoms with E-state index in [2.05, 4.69) is 0 Å². The molecule has 22 heavy (non-hydrogen) atoms. The van der Waals surface area contributed by atoms with Crippen molar-refractivity contribution in [3.63, 3.8) is 0 Å². The van der Waals surface area contributed by atoms with Crippen LogP contribution in [0, 0.1) is 20.2 Å². The summed E-state index contributed by atoms with van der Waals surface area (Å²) >= 11 is 0. The van der Waals surface area contributed by atoms with Crippen LogP contribution in [0.5, 0.6) is 0 Å². The second-order valence-corrected chi connectivity index (χ2v) is 5.78. The van der Waals surface area contributed by atoms with E-state index < -0.39 is 43.7 Å². The predicted molar refractivity (Wildman–Crippen MR) is 76.9 cm³/mol. The van der Waals surface area contributed by atoms with E-state index in [0.717, 1.165) is 12.1 Å². The maximum absolute atomic E-state index is 12.1. The molecule has 0 saturated carbocycles. The van der Waals surface area contributed by atoms with Gasteiger partial charge in [0.15, 0.2) is 0 Å². The summed E-state index contributed by atoms with van der Waals surface area (Å²) in [6, 6.07) is 2.73. The molecule has 120 valence electrons. The van der Waals surface area contributed by atoms with Gasteiger partial charge in [-0.05, 0) is 19.4 Å². The maximum Gasteiger partial charge on any atom is 0.319 e. The summed E-state index contributed by atoms with van der Waals surface area (Å²) in [6.07, 6.45) is 0.229. The number of esters is 1. The number of nitro benzene ring substituents is 2. The van der Waals surface area contributed by atoms with E-state index in [0.29, 0.717) is 12.5 Å².